The van der Waals surface area contributed by atoms with Crippen LogP contribution in [0.4, 0.5) is 17.6 Å². The number of aliphatic imine (C=N–C) groups is 1. The summed E-state index contributed by atoms with van der Waals surface area (Å²) < 4.78 is 56.8. The second-order valence-electron chi connectivity index (χ2n) is 7.13. The van der Waals surface area contributed by atoms with Gasteiger partial charge < -0.3 is 15.4 Å². The molecule has 0 spiro atoms. The van der Waals surface area contributed by atoms with E-state index in [-0.39, 0.29) is 35.2 Å². The number of benzene rings is 1. The molecule has 0 aliphatic carbocycles. The molecule has 3 rings (SSSR count). The zero-order valence-corrected chi connectivity index (χ0v) is 20.1. The fourth-order valence-electron chi connectivity index (χ4n) is 3.45. The summed E-state index contributed by atoms with van der Waals surface area (Å²) in [6.45, 7) is 2.22. The lowest BCUT2D eigenvalue weighted by atomic mass is 9.74. The van der Waals surface area contributed by atoms with Crippen LogP contribution in [-0.2, 0) is 22.7 Å². The second-order valence-corrected chi connectivity index (χ2v) is 8.07. The molecule has 5 nitrogen and oxygen atoms in total. The van der Waals surface area contributed by atoms with Crippen LogP contribution in [0.25, 0.3) is 0 Å². The van der Waals surface area contributed by atoms with Crippen molar-refractivity contribution < 1.29 is 22.3 Å². The minimum absolute atomic E-state index is 0. The van der Waals surface area contributed by atoms with Crippen LogP contribution in [0.2, 0.25) is 0 Å². The first-order valence-corrected chi connectivity index (χ1v) is 10.5. The topological polar surface area (TPSA) is 58.5 Å². The predicted molar refractivity (Wildman–Crippen MR) is 124 cm³/mol. The molecule has 172 valence electrons. The molecule has 0 atom stereocenters. The summed E-state index contributed by atoms with van der Waals surface area (Å²) in [6.07, 6.45) is -2.47. The Bertz CT molecular complexity index is 852. The SMILES string of the molecule is CN=C(NCCc1nc(C(F)(F)F)cs1)NCC1(c2ccc(F)cc2)CCOCC1.I. The van der Waals surface area contributed by atoms with Gasteiger partial charge in [-0.15, -0.1) is 35.3 Å². The van der Waals surface area contributed by atoms with Crippen LogP contribution >= 0.6 is 35.3 Å². The smallest absolute Gasteiger partial charge is 0.381 e. The Kier molecular flexibility index (Phi) is 9.49. The van der Waals surface area contributed by atoms with Crippen LogP contribution in [-0.4, -0.2) is 44.3 Å². The number of nitrogens with one attached hydrogen (secondary N) is 2. The molecular weight excluding hydrogens is 547 g/mol. The van der Waals surface area contributed by atoms with Gasteiger partial charge in [0.1, 0.15) is 5.82 Å². The first-order valence-electron chi connectivity index (χ1n) is 9.62. The maximum absolute atomic E-state index is 13.4. The van der Waals surface area contributed by atoms with Crippen LogP contribution in [0, 0.1) is 5.82 Å². The predicted octanol–water partition coefficient (Wildman–Crippen LogP) is 4.37. The van der Waals surface area contributed by atoms with Crippen molar-refractivity contribution in [3.8, 4) is 0 Å². The Morgan fingerprint density at radius 2 is 1.87 bits per heavy atom. The molecule has 1 aromatic heterocycles. The molecular formula is C20H25F4IN4OS. The molecule has 0 unspecified atom stereocenters. The molecule has 2 heterocycles. The zero-order chi connectivity index (χ0) is 21.6. The Labute approximate surface area is 199 Å². The molecule has 1 aliphatic rings. The Morgan fingerprint density at radius 3 is 2.45 bits per heavy atom. The maximum Gasteiger partial charge on any atom is 0.434 e. The first kappa shape index (κ1) is 25.8. The van der Waals surface area contributed by atoms with Gasteiger partial charge in [-0.05, 0) is 30.5 Å². The molecule has 2 N–H and O–H groups in total. The summed E-state index contributed by atoms with van der Waals surface area (Å²) in [5.41, 5.74) is -0.0242. The summed E-state index contributed by atoms with van der Waals surface area (Å²) in [4.78, 5) is 7.82. The number of hydrogen-bond donors (Lipinski definition) is 2. The van der Waals surface area contributed by atoms with Crippen molar-refractivity contribution in [1.29, 1.82) is 0 Å². The molecule has 11 heteroatoms. The number of rotatable bonds is 6. The monoisotopic (exact) mass is 572 g/mol. The fraction of sp³-hybridized carbons (Fsp3) is 0.500. The van der Waals surface area contributed by atoms with Gasteiger partial charge in [0.15, 0.2) is 11.7 Å². The highest BCUT2D eigenvalue weighted by Gasteiger charge is 2.35. The molecule has 0 bridgehead atoms. The van der Waals surface area contributed by atoms with Crippen LogP contribution in [0.5, 0.6) is 0 Å². The van der Waals surface area contributed by atoms with Gasteiger partial charge in [0.2, 0.25) is 0 Å². The average Bonchev–Trinajstić information content (AvgIpc) is 3.21. The van der Waals surface area contributed by atoms with Gasteiger partial charge in [-0.25, -0.2) is 9.37 Å². The largest absolute Gasteiger partial charge is 0.434 e. The van der Waals surface area contributed by atoms with Gasteiger partial charge in [0, 0.05) is 50.6 Å². The molecule has 31 heavy (non-hydrogen) atoms. The van der Waals surface area contributed by atoms with E-state index in [1.54, 1.807) is 19.2 Å². The number of hydrogen-bond acceptors (Lipinski definition) is 4. The highest BCUT2D eigenvalue weighted by Crippen LogP contribution is 2.34. The van der Waals surface area contributed by atoms with E-state index in [1.165, 1.54) is 12.1 Å². The van der Waals surface area contributed by atoms with E-state index in [0.29, 0.717) is 43.7 Å². The number of thiazole rings is 1. The van der Waals surface area contributed by atoms with Crippen molar-refractivity contribution in [3.05, 3.63) is 51.7 Å². The van der Waals surface area contributed by atoms with E-state index in [9.17, 15) is 17.6 Å². The third-order valence-corrected chi connectivity index (χ3v) is 6.11. The molecule has 0 radical (unpaired) electrons. The number of nitrogens with zero attached hydrogens (tertiary/aromatic N) is 2. The maximum atomic E-state index is 13.4. The third kappa shape index (κ3) is 7.01. The number of alkyl halides is 3. The lowest BCUT2D eigenvalue weighted by Gasteiger charge is -2.38. The van der Waals surface area contributed by atoms with Crippen molar-refractivity contribution in [2.45, 2.75) is 30.9 Å². The minimum Gasteiger partial charge on any atom is -0.381 e. The Morgan fingerprint density at radius 1 is 1.19 bits per heavy atom. The minimum atomic E-state index is -4.42. The fourth-order valence-corrected chi connectivity index (χ4v) is 4.26. The summed E-state index contributed by atoms with van der Waals surface area (Å²) in [6, 6.07) is 6.53. The van der Waals surface area contributed by atoms with Crippen molar-refractivity contribution in [2.24, 2.45) is 4.99 Å². The summed E-state index contributed by atoms with van der Waals surface area (Å²) in [7, 11) is 1.63. The zero-order valence-electron chi connectivity index (χ0n) is 17.0. The normalized spacial score (nSPS) is 16.5. The first-order chi connectivity index (χ1) is 14.3. The molecule has 2 aromatic rings. The lowest BCUT2D eigenvalue weighted by molar-refractivity contribution is -0.140. The van der Waals surface area contributed by atoms with Crippen LogP contribution in [0.3, 0.4) is 0 Å². The average molecular weight is 572 g/mol. The third-order valence-electron chi connectivity index (χ3n) is 5.20. The Hall–Kier alpha value is -1.47. The van der Waals surface area contributed by atoms with Crippen LogP contribution < -0.4 is 10.6 Å². The summed E-state index contributed by atoms with van der Waals surface area (Å²) in [5.74, 6) is 0.276. The molecule has 0 saturated carbocycles. The van der Waals surface area contributed by atoms with E-state index in [0.717, 1.165) is 35.1 Å². The molecule has 1 aliphatic heterocycles. The highest BCUT2D eigenvalue weighted by molar-refractivity contribution is 14.0. The van der Waals surface area contributed by atoms with Crippen LogP contribution in [0.1, 0.15) is 29.1 Å². The lowest BCUT2D eigenvalue weighted by Crippen LogP contribution is -2.48. The van der Waals surface area contributed by atoms with Gasteiger partial charge in [-0.3, -0.25) is 4.99 Å². The standard InChI is InChI=1S/C20H24F4N4OS.HI/c1-25-18(26-9-6-17-28-16(12-30-17)20(22,23)24)27-13-19(7-10-29-11-8-19)14-2-4-15(21)5-3-14;/h2-5,12H,6-11,13H2,1H3,(H2,25,26,27);1H. The number of aromatic nitrogens is 1. The summed E-state index contributed by atoms with van der Waals surface area (Å²) >= 11 is 0.994. The molecule has 1 fully saturated rings. The van der Waals surface area contributed by atoms with Gasteiger partial charge in [0.05, 0.1) is 5.01 Å². The van der Waals surface area contributed by atoms with Gasteiger partial charge in [-0.2, -0.15) is 13.2 Å². The molecule has 1 aromatic carbocycles. The van der Waals surface area contributed by atoms with E-state index in [2.05, 4.69) is 20.6 Å². The quantitative estimate of drug-likeness (QED) is 0.234. The van der Waals surface area contributed by atoms with Gasteiger partial charge in [0.25, 0.3) is 0 Å². The van der Waals surface area contributed by atoms with Gasteiger partial charge in [-0.1, -0.05) is 12.1 Å². The van der Waals surface area contributed by atoms with E-state index in [4.69, 9.17) is 4.74 Å². The van der Waals surface area contributed by atoms with Crippen molar-refractivity contribution in [1.82, 2.24) is 15.6 Å². The number of guanidine groups is 1. The van der Waals surface area contributed by atoms with E-state index < -0.39 is 11.9 Å². The van der Waals surface area contributed by atoms with Crippen molar-refractivity contribution >= 4 is 41.3 Å². The van der Waals surface area contributed by atoms with Gasteiger partial charge >= 0.3 is 6.18 Å². The van der Waals surface area contributed by atoms with E-state index in [1.807, 2.05) is 0 Å². The van der Waals surface area contributed by atoms with E-state index >= 15 is 0 Å². The van der Waals surface area contributed by atoms with Crippen LogP contribution in [0.15, 0.2) is 34.6 Å². The van der Waals surface area contributed by atoms with Crippen molar-refractivity contribution in [2.75, 3.05) is 33.4 Å². The second kappa shape index (κ2) is 11.4. The molecule has 1 saturated heterocycles. The summed E-state index contributed by atoms with van der Waals surface area (Å²) in [5, 5.41) is 7.86. The number of ether oxygens (including phenoxy) is 1. The number of halogens is 5. The van der Waals surface area contributed by atoms with Crippen molar-refractivity contribution in [3.63, 3.8) is 0 Å². The Balaban J connectivity index is 0.00000341. The molecule has 0 amide bonds. The highest BCUT2D eigenvalue weighted by atomic mass is 127.